The van der Waals surface area contributed by atoms with Crippen LogP contribution in [0.5, 0.6) is 5.75 Å². The van der Waals surface area contributed by atoms with Gasteiger partial charge in [-0.25, -0.2) is 0 Å². The molecule has 0 spiro atoms. The van der Waals surface area contributed by atoms with Crippen LogP contribution in [0.2, 0.25) is 5.02 Å². The second-order valence-corrected chi connectivity index (χ2v) is 6.15. The summed E-state index contributed by atoms with van der Waals surface area (Å²) < 4.78 is 5.61. The first kappa shape index (κ1) is 14.2. The summed E-state index contributed by atoms with van der Waals surface area (Å²) in [6.45, 7) is 5.32. The van der Waals surface area contributed by atoms with Gasteiger partial charge in [0, 0.05) is 38.3 Å². The van der Waals surface area contributed by atoms with Gasteiger partial charge in [-0.3, -0.25) is 4.90 Å². The van der Waals surface area contributed by atoms with E-state index in [2.05, 4.69) is 16.3 Å². The maximum atomic E-state index is 6.43. The maximum absolute atomic E-state index is 6.43. The van der Waals surface area contributed by atoms with Crippen LogP contribution in [0.25, 0.3) is 0 Å². The second-order valence-electron chi connectivity index (χ2n) is 5.74. The highest BCUT2D eigenvalue weighted by molar-refractivity contribution is 6.32. The van der Waals surface area contributed by atoms with Gasteiger partial charge in [-0.05, 0) is 42.9 Å². The van der Waals surface area contributed by atoms with Crippen molar-refractivity contribution in [2.75, 3.05) is 33.3 Å². The lowest BCUT2D eigenvalue weighted by Crippen LogP contribution is -2.43. The molecule has 1 aromatic rings. The van der Waals surface area contributed by atoms with Crippen molar-refractivity contribution in [1.82, 2.24) is 10.2 Å². The number of halogens is 1. The van der Waals surface area contributed by atoms with Crippen LogP contribution in [0, 0.1) is 0 Å². The Morgan fingerprint density at radius 2 is 2.00 bits per heavy atom. The van der Waals surface area contributed by atoms with Crippen LogP contribution >= 0.6 is 11.6 Å². The van der Waals surface area contributed by atoms with Gasteiger partial charge in [0.25, 0.3) is 0 Å². The van der Waals surface area contributed by atoms with Crippen LogP contribution < -0.4 is 10.1 Å². The fourth-order valence-electron chi connectivity index (χ4n) is 3.41. The van der Waals surface area contributed by atoms with E-state index in [1.807, 2.05) is 0 Å². The van der Waals surface area contributed by atoms with Crippen molar-refractivity contribution in [2.45, 2.75) is 32.2 Å². The summed E-state index contributed by atoms with van der Waals surface area (Å²) in [5, 5.41) is 4.18. The van der Waals surface area contributed by atoms with Crippen molar-refractivity contribution < 1.29 is 4.74 Å². The van der Waals surface area contributed by atoms with Crippen molar-refractivity contribution in [2.24, 2.45) is 0 Å². The van der Waals surface area contributed by atoms with E-state index in [0.717, 1.165) is 49.9 Å². The van der Waals surface area contributed by atoms with E-state index in [1.54, 1.807) is 7.11 Å². The van der Waals surface area contributed by atoms with Crippen LogP contribution in [0.3, 0.4) is 0 Å². The lowest BCUT2D eigenvalue weighted by molar-refractivity contribution is 0.229. The average molecular weight is 295 g/mol. The summed E-state index contributed by atoms with van der Waals surface area (Å²) in [5.41, 5.74) is 4.26. The molecule has 4 heteroatoms. The number of nitrogens with zero attached hydrogens (tertiary/aromatic N) is 1. The number of aryl methyl sites for hydroxylation is 1. The molecule has 1 aromatic carbocycles. The molecule has 0 radical (unpaired) electrons. The predicted octanol–water partition coefficient (Wildman–Crippen LogP) is 2.63. The molecule has 0 saturated carbocycles. The maximum Gasteiger partial charge on any atom is 0.142 e. The topological polar surface area (TPSA) is 24.5 Å². The largest absolute Gasteiger partial charge is 0.495 e. The van der Waals surface area contributed by atoms with E-state index >= 15 is 0 Å². The van der Waals surface area contributed by atoms with Crippen LogP contribution in [-0.2, 0) is 19.4 Å². The van der Waals surface area contributed by atoms with Crippen molar-refractivity contribution in [3.8, 4) is 5.75 Å². The van der Waals surface area contributed by atoms with Crippen LogP contribution in [0.4, 0.5) is 0 Å². The number of benzene rings is 1. The summed E-state index contributed by atoms with van der Waals surface area (Å²) in [5.74, 6) is 0.894. The number of hydrogen-bond donors (Lipinski definition) is 1. The van der Waals surface area contributed by atoms with Crippen LogP contribution in [0.15, 0.2) is 6.07 Å². The first-order valence-corrected chi connectivity index (χ1v) is 7.97. The molecule has 0 unspecified atom stereocenters. The van der Waals surface area contributed by atoms with Gasteiger partial charge in [0.15, 0.2) is 0 Å². The molecule has 1 aliphatic heterocycles. The van der Waals surface area contributed by atoms with Crippen molar-refractivity contribution >= 4 is 11.6 Å². The molecule has 0 aromatic heterocycles. The normalized spacial score (nSPS) is 19.7. The van der Waals surface area contributed by atoms with Gasteiger partial charge >= 0.3 is 0 Å². The summed E-state index contributed by atoms with van der Waals surface area (Å²) >= 11 is 6.43. The molecule has 3 nitrogen and oxygen atoms in total. The molecule has 2 aliphatic rings. The van der Waals surface area contributed by atoms with E-state index in [9.17, 15) is 0 Å². The minimum Gasteiger partial charge on any atom is -0.495 e. The summed E-state index contributed by atoms with van der Waals surface area (Å²) in [7, 11) is 1.73. The zero-order valence-electron chi connectivity index (χ0n) is 12.2. The minimum atomic E-state index is 0.776. The van der Waals surface area contributed by atoms with Crippen molar-refractivity contribution in [1.29, 1.82) is 0 Å². The average Bonchev–Trinajstić information content (AvgIpc) is 2.48. The Balaban J connectivity index is 1.95. The minimum absolute atomic E-state index is 0.776. The van der Waals surface area contributed by atoms with Gasteiger partial charge in [0.05, 0.1) is 12.1 Å². The second kappa shape index (κ2) is 6.33. The number of hydrogen-bond acceptors (Lipinski definition) is 3. The molecule has 1 N–H and O–H groups in total. The van der Waals surface area contributed by atoms with E-state index in [-0.39, 0.29) is 0 Å². The van der Waals surface area contributed by atoms with Gasteiger partial charge in [0.1, 0.15) is 5.75 Å². The van der Waals surface area contributed by atoms with E-state index in [1.165, 1.54) is 36.0 Å². The van der Waals surface area contributed by atoms with Gasteiger partial charge in [-0.15, -0.1) is 0 Å². The Kier molecular flexibility index (Phi) is 4.49. The first-order chi connectivity index (χ1) is 9.79. The highest BCUT2D eigenvalue weighted by atomic mass is 35.5. The number of fused-ring (bicyclic) bond motifs is 1. The third kappa shape index (κ3) is 2.80. The quantitative estimate of drug-likeness (QED) is 0.927. The standard InChI is InChI=1S/C16H23ClN2O/c1-20-16-14(11-19-8-6-18-7-9-19)13-5-3-2-4-12(13)10-15(16)17/h10,18H,2-9,11H2,1H3. The van der Waals surface area contributed by atoms with Gasteiger partial charge in [0.2, 0.25) is 0 Å². The Hall–Kier alpha value is -0.770. The third-order valence-corrected chi connectivity index (χ3v) is 4.74. The Labute approximate surface area is 126 Å². The molecule has 1 heterocycles. The van der Waals surface area contributed by atoms with E-state index < -0.39 is 0 Å². The van der Waals surface area contributed by atoms with Crippen molar-refractivity contribution in [3.63, 3.8) is 0 Å². The first-order valence-electron chi connectivity index (χ1n) is 7.60. The molecule has 1 saturated heterocycles. The molecule has 0 atom stereocenters. The molecular weight excluding hydrogens is 272 g/mol. The number of piperazine rings is 1. The smallest absolute Gasteiger partial charge is 0.142 e. The number of methoxy groups -OCH3 is 1. The molecule has 1 fully saturated rings. The third-order valence-electron chi connectivity index (χ3n) is 4.46. The molecule has 1 aliphatic carbocycles. The predicted molar refractivity (Wildman–Crippen MR) is 82.8 cm³/mol. The summed E-state index contributed by atoms with van der Waals surface area (Å²) in [6.07, 6.45) is 4.90. The Morgan fingerprint density at radius 3 is 2.75 bits per heavy atom. The number of ether oxygens (including phenoxy) is 1. The molecule has 110 valence electrons. The zero-order valence-corrected chi connectivity index (χ0v) is 12.9. The lowest BCUT2D eigenvalue weighted by Gasteiger charge is -2.30. The number of nitrogens with one attached hydrogen (secondary N) is 1. The van der Waals surface area contributed by atoms with Crippen LogP contribution in [0.1, 0.15) is 29.5 Å². The van der Waals surface area contributed by atoms with E-state index in [4.69, 9.17) is 16.3 Å². The molecule has 20 heavy (non-hydrogen) atoms. The summed E-state index contributed by atoms with van der Waals surface area (Å²) in [6, 6.07) is 2.12. The number of rotatable bonds is 3. The summed E-state index contributed by atoms with van der Waals surface area (Å²) in [4.78, 5) is 2.50. The van der Waals surface area contributed by atoms with Gasteiger partial charge in [-0.1, -0.05) is 11.6 Å². The fraction of sp³-hybridized carbons (Fsp3) is 0.625. The van der Waals surface area contributed by atoms with Gasteiger partial charge < -0.3 is 10.1 Å². The lowest BCUT2D eigenvalue weighted by atomic mass is 9.87. The molecule has 0 amide bonds. The SMILES string of the molecule is COc1c(Cl)cc2c(c1CN1CCNCC1)CCCC2. The van der Waals surface area contributed by atoms with Gasteiger partial charge in [-0.2, -0.15) is 0 Å². The highest BCUT2D eigenvalue weighted by Gasteiger charge is 2.22. The molecular formula is C16H23ClN2O. The fourth-order valence-corrected chi connectivity index (χ4v) is 3.74. The highest BCUT2D eigenvalue weighted by Crippen LogP contribution is 2.38. The Bertz CT molecular complexity index is 484. The van der Waals surface area contributed by atoms with Crippen LogP contribution in [-0.4, -0.2) is 38.2 Å². The zero-order chi connectivity index (χ0) is 13.9. The molecule has 3 rings (SSSR count). The Morgan fingerprint density at radius 1 is 1.25 bits per heavy atom. The molecule has 0 bridgehead atoms. The van der Waals surface area contributed by atoms with E-state index in [0.29, 0.717) is 0 Å². The monoisotopic (exact) mass is 294 g/mol. The van der Waals surface area contributed by atoms with Crippen molar-refractivity contribution in [3.05, 3.63) is 27.8 Å².